The van der Waals surface area contributed by atoms with Crippen molar-refractivity contribution >= 4 is 23.3 Å². The zero-order valence-electron chi connectivity index (χ0n) is 18.1. The molecule has 3 unspecified atom stereocenters. The molecule has 0 saturated heterocycles. The third-order valence-corrected chi connectivity index (χ3v) is 9.35. The highest BCUT2D eigenvalue weighted by atomic mass is 16.5. The maximum atomic E-state index is 13.7. The molecule has 5 aliphatic rings. The van der Waals surface area contributed by atoms with Crippen LogP contribution in [0.15, 0.2) is 22.8 Å². The highest BCUT2D eigenvalue weighted by molar-refractivity contribution is 6.21. The van der Waals surface area contributed by atoms with Gasteiger partial charge in [-0.15, -0.1) is 0 Å². The number of rotatable bonds is 2. The van der Waals surface area contributed by atoms with Crippen LogP contribution >= 0.6 is 0 Å². The zero-order chi connectivity index (χ0) is 21.5. The summed E-state index contributed by atoms with van der Waals surface area (Å²) in [6.45, 7) is 6.24. The fraction of sp³-hybridized carbons (Fsp3) is 0.680. The van der Waals surface area contributed by atoms with E-state index >= 15 is 0 Å². The minimum Gasteiger partial charge on any atom is -0.462 e. The molecule has 0 aromatic heterocycles. The SMILES string of the molecule is CCOC(=O)C1=C2C3=CC[C@@]4(C)CCC(=O)[C@@]34CCC2C2(C)CCC(=O)CC2C1=O. The Kier molecular flexibility index (Phi) is 4.14. The standard InChI is InChI=1S/C25H30O5/c1-4-30-22(29)20-19-15(24(3)11-5-14(26)13-17(24)21(20)28)7-12-25-16(19)6-9-23(25,2)10-8-18(25)27/h6,15,17H,4-5,7-13H2,1-3H3/t15?,17?,23-,24?,25+/m0/s1. The molecule has 0 radical (unpaired) electrons. The van der Waals surface area contributed by atoms with Crippen molar-refractivity contribution in [1.29, 1.82) is 0 Å². The zero-order valence-corrected chi connectivity index (χ0v) is 18.1. The van der Waals surface area contributed by atoms with E-state index in [-0.39, 0.29) is 52.7 Å². The van der Waals surface area contributed by atoms with E-state index in [1.54, 1.807) is 6.92 Å². The molecular formula is C25H30O5. The second kappa shape index (κ2) is 6.24. The quantitative estimate of drug-likeness (QED) is 0.510. The molecule has 160 valence electrons. The largest absolute Gasteiger partial charge is 0.462 e. The molecule has 0 aliphatic heterocycles. The van der Waals surface area contributed by atoms with E-state index in [0.29, 0.717) is 19.3 Å². The Hall–Kier alpha value is -2.04. The number of carbonyl (C=O) groups is 4. The van der Waals surface area contributed by atoms with Crippen LogP contribution in [0.25, 0.3) is 0 Å². The summed E-state index contributed by atoms with van der Waals surface area (Å²) in [6.07, 6.45) is 7.31. The molecule has 5 nitrogen and oxygen atoms in total. The summed E-state index contributed by atoms with van der Waals surface area (Å²) in [4.78, 5) is 52.3. The van der Waals surface area contributed by atoms with Crippen molar-refractivity contribution in [2.45, 2.75) is 72.1 Å². The molecule has 0 N–H and O–H groups in total. The first-order valence-electron chi connectivity index (χ1n) is 11.4. The van der Waals surface area contributed by atoms with Gasteiger partial charge >= 0.3 is 5.97 Å². The first-order chi connectivity index (χ1) is 14.2. The molecule has 0 amide bonds. The van der Waals surface area contributed by atoms with Crippen molar-refractivity contribution in [1.82, 2.24) is 0 Å². The lowest BCUT2D eigenvalue weighted by molar-refractivity contribution is -0.146. The molecule has 5 rings (SSSR count). The molecule has 3 saturated carbocycles. The molecule has 0 aromatic rings. The molecule has 0 aromatic carbocycles. The monoisotopic (exact) mass is 410 g/mol. The molecule has 5 atom stereocenters. The van der Waals surface area contributed by atoms with Gasteiger partial charge in [0.15, 0.2) is 5.78 Å². The fourth-order valence-electron chi connectivity index (χ4n) is 7.66. The van der Waals surface area contributed by atoms with Crippen LogP contribution in [0.5, 0.6) is 0 Å². The average molecular weight is 411 g/mol. The van der Waals surface area contributed by atoms with E-state index in [4.69, 9.17) is 4.74 Å². The van der Waals surface area contributed by atoms with Crippen LogP contribution in [0.1, 0.15) is 72.1 Å². The van der Waals surface area contributed by atoms with Crippen LogP contribution in [0.3, 0.4) is 0 Å². The van der Waals surface area contributed by atoms with Crippen LogP contribution in [0.2, 0.25) is 0 Å². The Morgan fingerprint density at radius 2 is 1.87 bits per heavy atom. The predicted molar refractivity (Wildman–Crippen MR) is 109 cm³/mol. The number of ether oxygens (including phenoxy) is 1. The van der Waals surface area contributed by atoms with Gasteiger partial charge in [-0.1, -0.05) is 19.9 Å². The molecular weight excluding hydrogens is 380 g/mol. The van der Waals surface area contributed by atoms with Crippen molar-refractivity contribution < 1.29 is 23.9 Å². The number of allylic oxidation sites excluding steroid dienone is 3. The van der Waals surface area contributed by atoms with Crippen LogP contribution in [0, 0.1) is 28.1 Å². The molecule has 5 aliphatic carbocycles. The summed E-state index contributed by atoms with van der Waals surface area (Å²) >= 11 is 0. The van der Waals surface area contributed by atoms with Crippen molar-refractivity contribution in [2.24, 2.45) is 28.1 Å². The van der Waals surface area contributed by atoms with Gasteiger partial charge in [-0.25, -0.2) is 4.79 Å². The van der Waals surface area contributed by atoms with Gasteiger partial charge in [0.05, 0.1) is 12.0 Å². The number of carbonyl (C=O) groups excluding carboxylic acids is 4. The number of hydrogen-bond acceptors (Lipinski definition) is 5. The number of hydrogen-bond donors (Lipinski definition) is 0. The van der Waals surface area contributed by atoms with E-state index in [9.17, 15) is 19.2 Å². The van der Waals surface area contributed by atoms with Crippen molar-refractivity contribution in [2.75, 3.05) is 6.61 Å². The Morgan fingerprint density at radius 3 is 2.60 bits per heavy atom. The van der Waals surface area contributed by atoms with E-state index in [1.807, 2.05) is 0 Å². The van der Waals surface area contributed by atoms with Crippen LogP contribution < -0.4 is 0 Å². The van der Waals surface area contributed by atoms with Crippen molar-refractivity contribution in [3.63, 3.8) is 0 Å². The van der Waals surface area contributed by atoms with Gasteiger partial charge < -0.3 is 4.74 Å². The van der Waals surface area contributed by atoms with Crippen molar-refractivity contribution in [3.05, 3.63) is 22.8 Å². The second-order valence-electron chi connectivity index (χ2n) is 10.5. The van der Waals surface area contributed by atoms with Gasteiger partial charge in [0.2, 0.25) is 0 Å². The lowest BCUT2D eigenvalue weighted by Crippen LogP contribution is -2.54. The first kappa shape index (κ1) is 19.9. The summed E-state index contributed by atoms with van der Waals surface area (Å²) in [5.74, 6) is -0.911. The van der Waals surface area contributed by atoms with Gasteiger partial charge in [0.1, 0.15) is 17.1 Å². The first-order valence-corrected chi connectivity index (χ1v) is 11.4. The Labute approximate surface area is 177 Å². The van der Waals surface area contributed by atoms with E-state index in [2.05, 4.69) is 19.9 Å². The summed E-state index contributed by atoms with van der Waals surface area (Å²) in [5.41, 5.74) is 0.826. The third kappa shape index (κ3) is 2.19. The summed E-state index contributed by atoms with van der Waals surface area (Å²) in [5, 5.41) is 0. The number of ketones is 3. The molecule has 1 spiro atoms. The number of Topliss-reactive ketones (excluding diaryl/α,β-unsaturated/α-hetero) is 3. The highest BCUT2D eigenvalue weighted by Gasteiger charge is 2.67. The van der Waals surface area contributed by atoms with E-state index in [0.717, 1.165) is 36.8 Å². The molecule has 5 heteroatoms. The van der Waals surface area contributed by atoms with E-state index in [1.165, 1.54) is 0 Å². The van der Waals surface area contributed by atoms with Crippen LogP contribution in [-0.2, 0) is 23.9 Å². The number of fused-ring (bicyclic) bond motifs is 4. The molecule has 0 heterocycles. The molecule has 0 bridgehead atoms. The smallest absolute Gasteiger partial charge is 0.342 e. The van der Waals surface area contributed by atoms with Gasteiger partial charge in [-0.05, 0) is 66.9 Å². The Bertz CT molecular complexity index is 955. The minimum absolute atomic E-state index is 0.0142. The fourth-order valence-corrected chi connectivity index (χ4v) is 7.66. The lowest BCUT2D eigenvalue weighted by Gasteiger charge is -2.55. The molecule has 3 fully saturated rings. The highest BCUT2D eigenvalue weighted by Crippen LogP contribution is 2.71. The van der Waals surface area contributed by atoms with Crippen LogP contribution in [-0.4, -0.2) is 29.9 Å². The van der Waals surface area contributed by atoms with Gasteiger partial charge in [0, 0.05) is 25.2 Å². The number of esters is 1. The summed E-state index contributed by atoms with van der Waals surface area (Å²) in [7, 11) is 0. The Morgan fingerprint density at radius 1 is 1.10 bits per heavy atom. The van der Waals surface area contributed by atoms with Gasteiger partial charge in [-0.2, -0.15) is 0 Å². The van der Waals surface area contributed by atoms with Gasteiger partial charge in [0.25, 0.3) is 0 Å². The van der Waals surface area contributed by atoms with Crippen LogP contribution in [0.4, 0.5) is 0 Å². The topological polar surface area (TPSA) is 77.5 Å². The van der Waals surface area contributed by atoms with E-state index < -0.39 is 17.3 Å². The maximum absolute atomic E-state index is 13.7. The summed E-state index contributed by atoms with van der Waals surface area (Å²) < 4.78 is 5.34. The average Bonchev–Trinajstić information content (AvgIpc) is 3.14. The second-order valence-corrected chi connectivity index (χ2v) is 10.5. The van der Waals surface area contributed by atoms with Gasteiger partial charge in [-0.3, -0.25) is 14.4 Å². The summed E-state index contributed by atoms with van der Waals surface area (Å²) in [6, 6.07) is 0. The maximum Gasteiger partial charge on any atom is 0.342 e. The molecule has 30 heavy (non-hydrogen) atoms. The Balaban J connectivity index is 1.74. The third-order valence-electron chi connectivity index (χ3n) is 9.35. The normalized spacial score (nSPS) is 42.4. The predicted octanol–water partition coefficient (Wildman–Crippen LogP) is 3.90. The van der Waals surface area contributed by atoms with Crippen molar-refractivity contribution in [3.8, 4) is 0 Å². The minimum atomic E-state index is -0.584. The lowest BCUT2D eigenvalue weighted by atomic mass is 9.46.